The minimum absolute atomic E-state index is 0.332. The van der Waals surface area contributed by atoms with E-state index in [1.165, 1.54) is 17.0 Å². The molecule has 1 atom stereocenters. The standard InChI is InChI=1S/C12H17NS/c1-9-8-12(2,3)14-11-7-5-4-6-10(11)13-9/h4-7,9,13H,8H2,1-3H3/t9-/m1/s1. The fourth-order valence-corrected chi connectivity index (χ4v) is 3.38. The number of fused-ring (bicyclic) bond motifs is 1. The van der Waals surface area contributed by atoms with Crippen molar-refractivity contribution in [1.82, 2.24) is 0 Å². The van der Waals surface area contributed by atoms with E-state index in [4.69, 9.17) is 0 Å². The molecule has 1 aromatic carbocycles. The van der Waals surface area contributed by atoms with Gasteiger partial charge in [-0.2, -0.15) is 0 Å². The van der Waals surface area contributed by atoms with Gasteiger partial charge in [0, 0.05) is 21.4 Å². The average molecular weight is 207 g/mol. The van der Waals surface area contributed by atoms with Crippen molar-refractivity contribution in [3.63, 3.8) is 0 Å². The molecule has 0 radical (unpaired) electrons. The molecule has 2 heteroatoms. The summed E-state index contributed by atoms with van der Waals surface area (Å²) in [6.07, 6.45) is 1.20. The molecule has 1 aromatic rings. The first-order chi connectivity index (χ1) is 6.57. The molecule has 0 unspecified atom stereocenters. The zero-order valence-electron chi connectivity index (χ0n) is 9.00. The van der Waals surface area contributed by atoms with Crippen molar-refractivity contribution in [3.8, 4) is 0 Å². The Morgan fingerprint density at radius 3 is 2.86 bits per heavy atom. The van der Waals surface area contributed by atoms with E-state index >= 15 is 0 Å². The average Bonchev–Trinajstić information content (AvgIpc) is 2.16. The van der Waals surface area contributed by atoms with E-state index in [2.05, 4.69) is 50.4 Å². The van der Waals surface area contributed by atoms with Gasteiger partial charge in [0.1, 0.15) is 0 Å². The van der Waals surface area contributed by atoms with Gasteiger partial charge in [-0.3, -0.25) is 0 Å². The third kappa shape index (κ3) is 2.06. The number of anilines is 1. The van der Waals surface area contributed by atoms with Gasteiger partial charge in [0.2, 0.25) is 0 Å². The summed E-state index contributed by atoms with van der Waals surface area (Å²) >= 11 is 1.98. The summed E-state index contributed by atoms with van der Waals surface area (Å²) in [7, 11) is 0. The molecule has 0 fully saturated rings. The molecule has 76 valence electrons. The summed E-state index contributed by atoms with van der Waals surface area (Å²) in [5.41, 5.74) is 1.29. The lowest BCUT2D eigenvalue weighted by Gasteiger charge is -2.23. The maximum absolute atomic E-state index is 3.56. The maximum atomic E-state index is 3.56. The van der Waals surface area contributed by atoms with Crippen LogP contribution in [0.25, 0.3) is 0 Å². The first kappa shape index (κ1) is 9.91. The van der Waals surface area contributed by atoms with Crippen molar-refractivity contribution in [2.75, 3.05) is 5.32 Å². The van der Waals surface area contributed by atoms with Gasteiger partial charge >= 0.3 is 0 Å². The van der Waals surface area contributed by atoms with Crippen LogP contribution in [0.5, 0.6) is 0 Å². The Labute approximate surface area is 90.3 Å². The molecule has 0 amide bonds. The van der Waals surface area contributed by atoms with E-state index in [0.29, 0.717) is 10.8 Å². The van der Waals surface area contributed by atoms with Crippen LogP contribution in [0.4, 0.5) is 5.69 Å². The van der Waals surface area contributed by atoms with E-state index in [-0.39, 0.29) is 0 Å². The highest BCUT2D eigenvalue weighted by Gasteiger charge is 2.26. The van der Waals surface area contributed by atoms with E-state index in [1.54, 1.807) is 0 Å². The third-order valence-corrected chi connectivity index (χ3v) is 3.77. The van der Waals surface area contributed by atoms with Gasteiger partial charge in [0.15, 0.2) is 0 Å². The predicted octanol–water partition coefficient (Wildman–Crippen LogP) is 3.76. The van der Waals surface area contributed by atoms with E-state index in [1.807, 2.05) is 11.8 Å². The van der Waals surface area contributed by atoms with Crippen molar-refractivity contribution in [1.29, 1.82) is 0 Å². The quantitative estimate of drug-likeness (QED) is 0.695. The molecule has 0 saturated carbocycles. The number of thioether (sulfide) groups is 1. The zero-order valence-corrected chi connectivity index (χ0v) is 9.82. The van der Waals surface area contributed by atoms with Crippen LogP contribution >= 0.6 is 11.8 Å². The van der Waals surface area contributed by atoms with Gasteiger partial charge in [0.25, 0.3) is 0 Å². The van der Waals surface area contributed by atoms with Crippen LogP contribution in [-0.4, -0.2) is 10.8 Å². The molecular weight excluding hydrogens is 190 g/mol. The van der Waals surface area contributed by atoms with Crippen molar-refractivity contribution < 1.29 is 0 Å². The molecule has 14 heavy (non-hydrogen) atoms. The van der Waals surface area contributed by atoms with Crippen molar-refractivity contribution in [2.45, 2.75) is 42.9 Å². The Kier molecular flexibility index (Phi) is 2.48. The second-order valence-electron chi connectivity index (χ2n) is 4.61. The van der Waals surface area contributed by atoms with Gasteiger partial charge < -0.3 is 5.32 Å². The van der Waals surface area contributed by atoms with Crippen LogP contribution in [0.2, 0.25) is 0 Å². The number of nitrogens with one attached hydrogen (secondary N) is 1. The lowest BCUT2D eigenvalue weighted by atomic mass is 10.0. The third-order valence-electron chi connectivity index (χ3n) is 2.47. The van der Waals surface area contributed by atoms with Crippen LogP contribution < -0.4 is 5.32 Å². The largest absolute Gasteiger partial charge is 0.382 e. The molecular formula is C12H17NS. The Morgan fingerprint density at radius 1 is 1.36 bits per heavy atom. The highest BCUT2D eigenvalue weighted by molar-refractivity contribution is 8.00. The normalized spacial score (nSPS) is 24.6. The van der Waals surface area contributed by atoms with Gasteiger partial charge in [-0.15, -0.1) is 11.8 Å². The second kappa shape index (κ2) is 3.50. The Hall–Kier alpha value is -0.630. The molecule has 0 saturated heterocycles. The van der Waals surface area contributed by atoms with Crippen LogP contribution in [-0.2, 0) is 0 Å². The fraction of sp³-hybridized carbons (Fsp3) is 0.500. The minimum Gasteiger partial charge on any atom is -0.382 e. The van der Waals surface area contributed by atoms with Crippen molar-refractivity contribution in [3.05, 3.63) is 24.3 Å². The van der Waals surface area contributed by atoms with Gasteiger partial charge in [-0.25, -0.2) is 0 Å². The van der Waals surface area contributed by atoms with Crippen molar-refractivity contribution >= 4 is 17.4 Å². The summed E-state index contributed by atoms with van der Waals surface area (Å²) in [4.78, 5) is 1.38. The maximum Gasteiger partial charge on any atom is 0.0480 e. The van der Waals surface area contributed by atoms with E-state index in [0.717, 1.165) is 0 Å². The molecule has 2 rings (SSSR count). The van der Waals surface area contributed by atoms with Crippen LogP contribution in [0.1, 0.15) is 27.2 Å². The molecule has 0 aliphatic carbocycles. The summed E-state index contributed by atoms with van der Waals surface area (Å²) in [6, 6.07) is 9.13. The van der Waals surface area contributed by atoms with E-state index in [9.17, 15) is 0 Å². The Morgan fingerprint density at radius 2 is 2.07 bits per heavy atom. The summed E-state index contributed by atoms with van der Waals surface area (Å²) in [5, 5.41) is 3.56. The molecule has 1 N–H and O–H groups in total. The molecule has 0 aromatic heterocycles. The van der Waals surface area contributed by atoms with Crippen LogP contribution in [0, 0.1) is 0 Å². The number of hydrogen-bond donors (Lipinski definition) is 1. The smallest absolute Gasteiger partial charge is 0.0480 e. The predicted molar refractivity (Wildman–Crippen MR) is 64.1 cm³/mol. The monoisotopic (exact) mass is 207 g/mol. The first-order valence-electron chi connectivity index (χ1n) is 5.11. The molecule has 0 spiro atoms. The Bertz CT molecular complexity index is 333. The number of para-hydroxylation sites is 1. The van der Waals surface area contributed by atoms with E-state index < -0.39 is 0 Å². The summed E-state index contributed by atoms with van der Waals surface area (Å²) in [6.45, 7) is 6.89. The molecule has 0 bridgehead atoms. The first-order valence-corrected chi connectivity index (χ1v) is 5.93. The fourth-order valence-electron chi connectivity index (χ4n) is 2.07. The van der Waals surface area contributed by atoms with Crippen LogP contribution in [0.15, 0.2) is 29.2 Å². The minimum atomic E-state index is 0.332. The molecule has 1 nitrogen and oxygen atoms in total. The molecule has 1 heterocycles. The van der Waals surface area contributed by atoms with Crippen LogP contribution in [0.3, 0.4) is 0 Å². The van der Waals surface area contributed by atoms with Gasteiger partial charge in [-0.05, 0) is 25.5 Å². The number of hydrogen-bond acceptors (Lipinski definition) is 2. The zero-order chi connectivity index (χ0) is 10.2. The van der Waals surface area contributed by atoms with Gasteiger partial charge in [0.05, 0.1) is 0 Å². The Balaban J connectivity index is 2.37. The lowest BCUT2D eigenvalue weighted by molar-refractivity contribution is 0.588. The highest BCUT2D eigenvalue weighted by atomic mass is 32.2. The summed E-state index contributed by atoms with van der Waals surface area (Å²) in [5.74, 6) is 0. The SMILES string of the molecule is C[C@@H]1CC(C)(C)Sc2ccccc2N1. The van der Waals surface area contributed by atoms with Gasteiger partial charge in [-0.1, -0.05) is 26.0 Å². The number of rotatable bonds is 0. The lowest BCUT2D eigenvalue weighted by Crippen LogP contribution is -2.24. The summed E-state index contributed by atoms with van der Waals surface area (Å²) < 4.78 is 0.332. The molecule has 1 aliphatic heterocycles. The molecule has 1 aliphatic rings. The topological polar surface area (TPSA) is 12.0 Å². The second-order valence-corrected chi connectivity index (χ2v) is 6.36. The van der Waals surface area contributed by atoms with Crippen molar-refractivity contribution in [2.24, 2.45) is 0 Å². The number of benzene rings is 1. The highest BCUT2D eigenvalue weighted by Crippen LogP contribution is 2.42.